The molecule has 0 heterocycles. The molecule has 0 aromatic heterocycles. The molecule has 0 aliphatic heterocycles. The number of ether oxygens (including phenoxy) is 1. The molecule has 2 rings (SSSR count). The standard InChI is InChI=1S/C16H14BrFO2/c1-2-16(19)11-4-7-14(8-5-11)20-10-12-3-6-13(17)9-15(12)18/h3-9H,2,10H2,1H3. The Labute approximate surface area is 125 Å². The van der Waals surface area contributed by atoms with Gasteiger partial charge >= 0.3 is 0 Å². The highest BCUT2D eigenvalue weighted by atomic mass is 79.9. The van der Waals surface area contributed by atoms with Crippen LogP contribution in [0.1, 0.15) is 29.3 Å². The quantitative estimate of drug-likeness (QED) is 0.736. The van der Waals surface area contributed by atoms with Crippen LogP contribution in [0.5, 0.6) is 5.75 Å². The number of carbonyl (C=O) groups excluding carboxylic acids is 1. The SMILES string of the molecule is CCC(=O)c1ccc(OCc2ccc(Br)cc2F)cc1. The topological polar surface area (TPSA) is 26.3 Å². The predicted molar refractivity (Wildman–Crippen MR) is 79.5 cm³/mol. The fraction of sp³-hybridized carbons (Fsp3) is 0.188. The van der Waals surface area contributed by atoms with Gasteiger partial charge in [-0.05, 0) is 36.4 Å². The molecule has 104 valence electrons. The van der Waals surface area contributed by atoms with Gasteiger partial charge in [0.2, 0.25) is 0 Å². The fourth-order valence-corrected chi connectivity index (χ4v) is 2.07. The van der Waals surface area contributed by atoms with Crippen LogP contribution in [0.2, 0.25) is 0 Å². The van der Waals surface area contributed by atoms with Gasteiger partial charge in [-0.2, -0.15) is 0 Å². The van der Waals surface area contributed by atoms with Crippen LogP contribution in [0.4, 0.5) is 4.39 Å². The van der Waals surface area contributed by atoms with Crippen LogP contribution < -0.4 is 4.74 Å². The van der Waals surface area contributed by atoms with Crippen molar-refractivity contribution >= 4 is 21.7 Å². The van der Waals surface area contributed by atoms with Crippen molar-refractivity contribution in [1.82, 2.24) is 0 Å². The molecular weight excluding hydrogens is 323 g/mol. The Morgan fingerprint density at radius 2 is 1.90 bits per heavy atom. The first-order chi connectivity index (χ1) is 9.60. The molecule has 0 bridgehead atoms. The van der Waals surface area contributed by atoms with Crippen LogP contribution in [0, 0.1) is 5.82 Å². The highest BCUT2D eigenvalue weighted by Gasteiger charge is 2.05. The van der Waals surface area contributed by atoms with Crippen LogP contribution in [0.3, 0.4) is 0 Å². The molecule has 0 radical (unpaired) electrons. The summed E-state index contributed by atoms with van der Waals surface area (Å²) < 4.78 is 19.8. The van der Waals surface area contributed by atoms with Crippen molar-refractivity contribution in [1.29, 1.82) is 0 Å². The summed E-state index contributed by atoms with van der Waals surface area (Å²) in [5.41, 5.74) is 1.15. The number of hydrogen-bond donors (Lipinski definition) is 0. The number of benzene rings is 2. The average molecular weight is 337 g/mol. The van der Waals surface area contributed by atoms with Crippen LogP contribution in [0.25, 0.3) is 0 Å². The summed E-state index contributed by atoms with van der Waals surface area (Å²) in [6.45, 7) is 1.98. The second-order valence-electron chi connectivity index (χ2n) is 4.33. The van der Waals surface area contributed by atoms with Crippen molar-refractivity contribution in [3.05, 3.63) is 63.9 Å². The zero-order valence-electron chi connectivity index (χ0n) is 11.0. The van der Waals surface area contributed by atoms with Gasteiger partial charge in [0.25, 0.3) is 0 Å². The Kier molecular flexibility index (Phi) is 4.90. The summed E-state index contributed by atoms with van der Waals surface area (Å²) in [7, 11) is 0. The van der Waals surface area contributed by atoms with E-state index in [1.165, 1.54) is 6.07 Å². The molecule has 0 N–H and O–H groups in total. The maximum atomic E-state index is 13.6. The van der Waals surface area contributed by atoms with Gasteiger partial charge in [-0.15, -0.1) is 0 Å². The van der Waals surface area contributed by atoms with E-state index in [1.807, 2.05) is 6.92 Å². The van der Waals surface area contributed by atoms with E-state index in [-0.39, 0.29) is 18.2 Å². The van der Waals surface area contributed by atoms with E-state index in [2.05, 4.69) is 15.9 Å². The molecule has 0 spiro atoms. The maximum absolute atomic E-state index is 13.6. The number of carbonyl (C=O) groups is 1. The largest absolute Gasteiger partial charge is 0.489 e. The minimum atomic E-state index is -0.308. The van der Waals surface area contributed by atoms with E-state index < -0.39 is 0 Å². The summed E-state index contributed by atoms with van der Waals surface area (Å²) in [4.78, 5) is 11.5. The number of hydrogen-bond acceptors (Lipinski definition) is 2. The Morgan fingerprint density at radius 3 is 2.50 bits per heavy atom. The summed E-state index contributed by atoms with van der Waals surface area (Å²) in [6.07, 6.45) is 0.476. The number of halogens is 2. The van der Waals surface area contributed by atoms with Crippen LogP contribution >= 0.6 is 15.9 Å². The van der Waals surface area contributed by atoms with Gasteiger partial charge in [0, 0.05) is 22.0 Å². The van der Waals surface area contributed by atoms with Crippen molar-refractivity contribution in [2.45, 2.75) is 20.0 Å². The molecule has 2 nitrogen and oxygen atoms in total. The summed E-state index contributed by atoms with van der Waals surface area (Å²) in [6, 6.07) is 11.7. The highest BCUT2D eigenvalue weighted by molar-refractivity contribution is 9.10. The highest BCUT2D eigenvalue weighted by Crippen LogP contribution is 2.19. The van der Waals surface area contributed by atoms with E-state index in [0.29, 0.717) is 27.8 Å². The first-order valence-electron chi connectivity index (χ1n) is 6.30. The molecule has 0 fully saturated rings. The van der Waals surface area contributed by atoms with Crippen molar-refractivity contribution in [3.63, 3.8) is 0 Å². The van der Waals surface area contributed by atoms with E-state index in [9.17, 15) is 9.18 Å². The minimum absolute atomic E-state index is 0.0931. The van der Waals surface area contributed by atoms with E-state index in [1.54, 1.807) is 36.4 Å². The second kappa shape index (κ2) is 6.66. The van der Waals surface area contributed by atoms with Crippen LogP contribution in [-0.2, 0) is 6.61 Å². The lowest BCUT2D eigenvalue weighted by Crippen LogP contribution is -2.00. The van der Waals surface area contributed by atoms with E-state index in [4.69, 9.17) is 4.74 Å². The Bertz CT molecular complexity index is 608. The zero-order valence-corrected chi connectivity index (χ0v) is 12.6. The van der Waals surface area contributed by atoms with E-state index >= 15 is 0 Å². The summed E-state index contributed by atoms with van der Waals surface area (Å²) in [5.74, 6) is 0.396. The fourth-order valence-electron chi connectivity index (χ4n) is 1.74. The Hall–Kier alpha value is -1.68. The third-order valence-electron chi connectivity index (χ3n) is 2.91. The van der Waals surface area contributed by atoms with Crippen molar-refractivity contribution in [3.8, 4) is 5.75 Å². The molecule has 0 aliphatic carbocycles. The van der Waals surface area contributed by atoms with Gasteiger partial charge in [-0.25, -0.2) is 4.39 Å². The molecular formula is C16H14BrFO2. The van der Waals surface area contributed by atoms with Crippen molar-refractivity contribution in [2.24, 2.45) is 0 Å². The molecule has 0 atom stereocenters. The van der Waals surface area contributed by atoms with E-state index in [0.717, 1.165) is 0 Å². The van der Waals surface area contributed by atoms with Crippen molar-refractivity contribution in [2.75, 3.05) is 0 Å². The van der Waals surface area contributed by atoms with Gasteiger partial charge in [-0.3, -0.25) is 4.79 Å². The molecule has 0 unspecified atom stereocenters. The third-order valence-corrected chi connectivity index (χ3v) is 3.40. The van der Waals surface area contributed by atoms with Gasteiger partial charge in [0.1, 0.15) is 18.2 Å². The molecule has 0 amide bonds. The molecule has 4 heteroatoms. The number of ketones is 1. The summed E-state index contributed by atoms with van der Waals surface area (Å²) in [5, 5.41) is 0. The molecule has 2 aromatic carbocycles. The Morgan fingerprint density at radius 1 is 1.20 bits per heavy atom. The molecule has 0 saturated heterocycles. The van der Waals surface area contributed by atoms with Gasteiger partial charge in [0.15, 0.2) is 5.78 Å². The molecule has 0 saturated carbocycles. The predicted octanol–water partition coefficient (Wildman–Crippen LogP) is 4.76. The zero-order chi connectivity index (χ0) is 14.5. The lowest BCUT2D eigenvalue weighted by atomic mass is 10.1. The normalized spacial score (nSPS) is 10.3. The molecule has 2 aromatic rings. The lowest BCUT2D eigenvalue weighted by Gasteiger charge is -2.08. The van der Waals surface area contributed by atoms with Crippen LogP contribution in [0.15, 0.2) is 46.9 Å². The number of rotatable bonds is 5. The molecule has 20 heavy (non-hydrogen) atoms. The van der Waals surface area contributed by atoms with Crippen molar-refractivity contribution < 1.29 is 13.9 Å². The third kappa shape index (κ3) is 3.67. The smallest absolute Gasteiger partial charge is 0.162 e. The monoisotopic (exact) mass is 336 g/mol. The lowest BCUT2D eigenvalue weighted by molar-refractivity contribution is 0.0988. The van der Waals surface area contributed by atoms with Gasteiger partial charge in [-0.1, -0.05) is 28.9 Å². The Balaban J connectivity index is 2.02. The molecule has 0 aliphatic rings. The summed E-state index contributed by atoms with van der Waals surface area (Å²) >= 11 is 3.21. The van der Waals surface area contributed by atoms with Crippen LogP contribution in [-0.4, -0.2) is 5.78 Å². The van der Waals surface area contributed by atoms with Gasteiger partial charge < -0.3 is 4.74 Å². The first kappa shape index (κ1) is 14.7. The average Bonchev–Trinajstić information content (AvgIpc) is 2.46. The second-order valence-corrected chi connectivity index (χ2v) is 5.24. The number of Topliss-reactive ketones (excluding diaryl/α,β-unsaturated/α-hetero) is 1. The van der Waals surface area contributed by atoms with Gasteiger partial charge in [0.05, 0.1) is 0 Å². The maximum Gasteiger partial charge on any atom is 0.162 e. The first-order valence-corrected chi connectivity index (χ1v) is 7.09. The minimum Gasteiger partial charge on any atom is -0.489 e.